The van der Waals surface area contributed by atoms with E-state index in [0.717, 1.165) is 24.7 Å². The van der Waals surface area contributed by atoms with Crippen molar-refractivity contribution in [2.75, 3.05) is 31.1 Å². The molecule has 1 heterocycles. The predicted molar refractivity (Wildman–Crippen MR) is 94.0 cm³/mol. The highest BCUT2D eigenvalue weighted by atomic mass is 35.5. The first kappa shape index (κ1) is 15.4. The molecule has 0 spiro atoms. The van der Waals surface area contributed by atoms with Crippen molar-refractivity contribution >= 4 is 17.3 Å². The third-order valence-electron chi connectivity index (χ3n) is 4.52. The number of nitrogens with zero attached hydrogens (tertiary/aromatic N) is 1. The quantitative estimate of drug-likeness (QED) is 0.915. The minimum Gasteiger partial charge on any atom is -0.360 e. The molecular weight excluding hydrogens is 292 g/mol. The fourth-order valence-electron chi connectivity index (χ4n) is 3.24. The maximum absolute atomic E-state index is 6.08. The number of quaternary nitrogens is 1. The SMILES string of the molecule is Cc1ccc(C)c(N2CC[NH+](Cc3cccc(Cl)c3)CC2)c1. The number of hydrogen-bond donors (Lipinski definition) is 1. The van der Waals surface area contributed by atoms with Gasteiger partial charge in [0.2, 0.25) is 0 Å². The fourth-order valence-corrected chi connectivity index (χ4v) is 3.45. The molecular formula is C19H24ClN2+. The lowest BCUT2D eigenvalue weighted by atomic mass is 10.1. The van der Waals surface area contributed by atoms with Crippen molar-refractivity contribution in [2.24, 2.45) is 0 Å². The zero-order valence-electron chi connectivity index (χ0n) is 13.4. The molecule has 0 aliphatic carbocycles. The van der Waals surface area contributed by atoms with Crippen LogP contribution in [0.15, 0.2) is 42.5 Å². The average molecular weight is 316 g/mol. The fraction of sp³-hybridized carbons (Fsp3) is 0.368. The molecule has 116 valence electrons. The minimum atomic E-state index is 0.839. The van der Waals surface area contributed by atoms with Gasteiger partial charge in [0.15, 0.2) is 0 Å². The lowest BCUT2D eigenvalue weighted by molar-refractivity contribution is -0.914. The van der Waals surface area contributed by atoms with E-state index in [1.54, 1.807) is 4.90 Å². The first-order valence-corrected chi connectivity index (χ1v) is 8.40. The molecule has 3 rings (SSSR count). The van der Waals surface area contributed by atoms with Crippen molar-refractivity contribution in [3.8, 4) is 0 Å². The zero-order valence-corrected chi connectivity index (χ0v) is 14.2. The highest BCUT2D eigenvalue weighted by molar-refractivity contribution is 6.30. The van der Waals surface area contributed by atoms with Crippen LogP contribution in [-0.4, -0.2) is 26.2 Å². The molecule has 0 aromatic heterocycles. The summed E-state index contributed by atoms with van der Waals surface area (Å²) in [5.74, 6) is 0. The molecule has 3 heteroatoms. The van der Waals surface area contributed by atoms with Crippen LogP contribution in [0.3, 0.4) is 0 Å². The smallest absolute Gasteiger partial charge is 0.103 e. The van der Waals surface area contributed by atoms with Gasteiger partial charge in [0.25, 0.3) is 0 Å². The summed E-state index contributed by atoms with van der Waals surface area (Å²) in [6.07, 6.45) is 0. The molecule has 2 aromatic carbocycles. The molecule has 0 amide bonds. The summed E-state index contributed by atoms with van der Waals surface area (Å²) in [5.41, 5.74) is 5.46. The minimum absolute atomic E-state index is 0.839. The van der Waals surface area contributed by atoms with E-state index >= 15 is 0 Å². The summed E-state index contributed by atoms with van der Waals surface area (Å²) in [4.78, 5) is 4.17. The monoisotopic (exact) mass is 315 g/mol. The number of anilines is 1. The second kappa shape index (κ2) is 6.72. The van der Waals surface area contributed by atoms with Gasteiger partial charge in [-0.3, -0.25) is 0 Å². The first-order chi connectivity index (χ1) is 10.6. The van der Waals surface area contributed by atoms with E-state index in [1.807, 2.05) is 12.1 Å². The van der Waals surface area contributed by atoms with Crippen molar-refractivity contribution in [3.63, 3.8) is 0 Å². The predicted octanol–water partition coefficient (Wildman–Crippen LogP) is 2.86. The van der Waals surface area contributed by atoms with Crippen LogP contribution < -0.4 is 9.80 Å². The number of piperazine rings is 1. The molecule has 1 aliphatic heterocycles. The maximum Gasteiger partial charge on any atom is 0.103 e. The molecule has 1 aliphatic rings. The molecule has 1 fully saturated rings. The van der Waals surface area contributed by atoms with Crippen molar-refractivity contribution in [1.29, 1.82) is 0 Å². The van der Waals surface area contributed by atoms with Gasteiger partial charge < -0.3 is 9.80 Å². The Kier molecular flexibility index (Phi) is 4.70. The van der Waals surface area contributed by atoms with Crippen LogP contribution >= 0.6 is 11.6 Å². The molecule has 2 nitrogen and oxygen atoms in total. The Hall–Kier alpha value is -1.51. The van der Waals surface area contributed by atoms with Gasteiger partial charge in [0.05, 0.1) is 26.2 Å². The highest BCUT2D eigenvalue weighted by Crippen LogP contribution is 2.21. The second-order valence-corrected chi connectivity index (χ2v) is 6.77. The number of hydrogen-bond acceptors (Lipinski definition) is 1. The normalized spacial score (nSPS) is 16.0. The zero-order chi connectivity index (χ0) is 15.5. The third-order valence-corrected chi connectivity index (χ3v) is 4.75. The van der Waals surface area contributed by atoms with Crippen molar-refractivity contribution < 1.29 is 4.90 Å². The summed E-state index contributed by atoms with van der Waals surface area (Å²) in [5, 5.41) is 0.839. The summed E-state index contributed by atoms with van der Waals surface area (Å²) < 4.78 is 0. The molecule has 2 aromatic rings. The van der Waals surface area contributed by atoms with Crippen molar-refractivity contribution in [3.05, 3.63) is 64.2 Å². The van der Waals surface area contributed by atoms with Crippen molar-refractivity contribution in [1.82, 2.24) is 0 Å². The van der Waals surface area contributed by atoms with E-state index in [-0.39, 0.29) is 0 Å². The van der Waals surface area contributed by atoms with E-state index < -0.39 is 0 Å². The van der Waals surface area contributed by atoms with Crippen molar-refractivity contribution in [2.45, 2.75) is 20.4 Å². The van der Waals surface area contributed by atoms with E-state index in [1.165, 1.54) is 35.5 Å². The first-order valence-electron chi connectivity index (χ1n) is 8.02. The lowest BCUT2D eigenvalue weighted by Crippen LogP contribution is -3.13. The van der Waals surface area contributed by atoms with Gasteiger partial charge in [-0.1, -0.05) is 35.9 Å². The van der Waals surface area contributed by atoms with Gasteiger partial charge >= 0.3 is 0 Å². The van der Waals surface area contributed by atoms with E-state index in [9.17, 15) is 0 Å². The van der Waals surface area contributed by atoms with E-state index in [2.05, 4.69) is 49.1 Å². The number of halogens is 1. The average Bonchev–Trinajstić information content (AvgIpc) is 2.51. The molecule has 0 radical (unpaired) electrons. The van der Waals surface area contributed by atoms with Gasteiger partial charge in [-0.2, -0.15) is 0 Å². The van der Waals surface area contributed by atoms with Gasteiger partial charge in [-0.15, -0.1) is 0 Å². The topological polar surface area (TPSA) is 7.68 Å². The molecule has 1 N–H and O–H groups in total. The standard InChI is InChI=1S/C19H23ClN2/c1-15-6-7-16(2)19(12-15)22-10-8-21(9-11-22)14-17-4-3-5-18(20)13-17/h3-7,12-13H,8-11,14H2,1-2H3/p+1. The van der Waals surface area contributed by atoms with Gasteiger partial charge in [-0.25, -0.2) is 0 Å². The number of nitrogens with one attached hydrogen (secondary N) is 1. The Labute approximate surface area is 138 Å². The highest BCUT2D eigenvalue weighted by Gasteiger charge is 2.21. The summed E-state index contributed by atoms with van der Waals surface area (Å²) in [6, 6.07) is 15.0. The molecule has 0 atom stereocenters. The largest absolute Gasteiger partial charge is 0.360 e. The Balaban J connectivity index is 1.61. The van der Waals surface area contributed by atoms with Gasteiger partial charge in [0.1, 0.15) is 6.54 Å². The Morgan fingerprint density at radius 1 is 1.05 bits per heavy atom. The molecule has 0 saturated carbocycles. The van der Waals surface area contributed by atoms with E-state index in [4.69, 9.17) is 11.6 Å². The number of benzene rings is 2. The van der Waals surface area contributed by atoms with Crippen LogP contribution in [0.5, 0.6) is 0 Å². The van der Waals surface area contributed by atoms with Gasteiger partial charge in [0, 0.05) is 16.3 Å². The summed E-state index contributed by atoms with van der Waals surface area (Å²) in [6.45, 7) is 10.1. The Morgan fingerprint density at radius 2 is 1.82 bits per heavy atom. The summed E-state index contributed by atoms with van der Waals surface area (Å²) in [7, 11) is 0. The molecule has 1 saturated heterocycles. The van der Waals surface area contributed by atoms with Crippen LogP contribution in [0.25, 0.3) is 0 Å². The van der Waals surface area contributed by atoms with Crippen LogP contribution in [0.4, 0.5) is 5.69 Å². The Bertz CT molecular complexity index is 646. The molecule has 22 heavy (non-hydrogen) atoms. The van der Waals surface area contributed by atoms with Crippen LogP contribution in [0.2, 0.25) is 5.02 Å². The van der Waals surface area contributed by atoms with E-state index in [0.29, 0.717) is 0 Å². The molecule has 0 unspecified atom stereocenters. The number of rotatable bonds is 3. The lowest BCUT2D eigenvalue weighted by Gasteiger charge is -2.34. The van der Waals surface area contributed by atoms with Crippen LogP contribution in [0.1, 0.15) is 16.7 Å². The third kappa shape index (κ3) is 3.63. The second-order valence-electron chi connectivity index (χ2n) is 6.33. The maximum atomic E-state index is 6.08. The summed E-state index contributed by atoms with van der Waals surface area (Å²) >= 11 is 6.08. The number of aryl methyl sites for hydroxylation is 2. The Morgan fingerprint density at radius 3 is 2.55 bits per heavy atom. The van der Waals surface area contributed by atoms with Crippen LogP contribution in [-0.2, 0) is 6.54 Å². The van der Waals surface area contributed by atoms with Crippen LogP contribution in [0, 0.1) is 13.8 Å². The molecule has 0 bridgehead atoms. The van der Waals surface area contributed by atoms with Gasteiger partial charge in [-0.05, 0) is 43.2 Å².